The summed E-state index contributed by atoms with van der Waals surface area (Å²) >= 11 is 0. The Morgan fingerprint density at radius 1 is 1.11 bits per heavy atom. The van der Waals surface area contributed by atoms with Crippen LogP contribution in [-0.2, 0) is 30.2 Å². The van der Waals surface area contributed by atoms with E-state index in [1.165, 1.54) is 0 Å². The van der Waals surface area contributed by atoms with Gasteiger partial charge in [0.25, 0.3) is 0 Å². The van der Waals surface area contributed by atoms with E-state index >= 15 is 0 Å². The molecule has 0 aliphatic rings. The number of sulfone groups is 1. The van der Waals surface area contributed by atoms with Gasteiger partial charge in [-0.1, -0.05) is 12.1 Å². The van der Waals surface area contributed by atoms with Crippen molar-refractivity contribution < 1.29 is 25.6 Å². The van der Waals surface area contributed by atoms with Crippen molar-refractivity contribution in [3.63, 3.8) is 0 Å². The van der Waals surface area contributed by atoms with E-state index in [9.17, 15) is 16.8 Å². The fourth-order valence-corrected chi connectivity index (χ4v) is 2.79. The number of rotatable bonds is 6. The minimum absolute atomic E-state index is 0.248. The molecule has 0 amide bonds. The standard InChI is InChI=1S/C9H13NO6S2/c10-9-3-1-8(2-4-9)7-17(11,12)6-5-16-18(13,14)15/h1-4H,5-7,10H2,(H,13,14,15). The molecule has 1 aromatic rings. The summed E-state index contributed by atoms with van der Waals surface area (Å²) in [5, 5.41) is 0. The van der Waals surface area contributed by atoms with Gasteiger partial charge in [-0.05, 0) is 17.7 Å². The first-order valence-corrected chi connectivity index (χ1v) is 8.03. The monoisotopic (exact) mass is 295 g/mol. The molecule has 7 nitrogen and oxygen atoms in total. The first-order chi connectivity index (χ1) is 8.18. The SMILES string of the molecule is Nc1ccc(CS(=O)(=O)CCOS(=O)(=O)O)cc1. The van der Waals surface area contributed by atoms with Crippen LogP contribution in [0.4, 0.5) is 5.69 Å². The maximum Gasteiger partial charge on any atom is 0.397 e. The van der Waals surface area contributed by atoms with Gasteiger partial charge in [0.2, 0.25) is 0 Å². The Balaban J connectivity index is 2.57. The second-order valence-electron chi connectivity index (χ2n) is 3.58. The predicted octanol–water partition coefficient (Wildman–Crippen LogP) is 0.00300. The molecule has 9 heteroatoms. The summed E-state index contributed by atoms with van der Waals surface area (Å²) in [4.78, 5) is 0. The molecule has 0 saturated heterocycles. The van der Waals surface area contributed by atoms with E-state index in [0.717, 1.165) is 0 Å². The van der Waals surface area contributed by atoms with E-state index in [0.29, 0.717) is 11.3 Å². The molecule has 102 valence electrons. The summed E-state index contributed by atoms with van der Waals surface area (Å²) in [6.07, 6.45) is 0. The Morgan fingerprint density at radius 2 is 1.67 bits per heavy atom. The van der Waals surface area contributed by atoms with Crippen LogP contribution in [0.25, 0.3) is 0 Å². The second-order valence-corrected chi connectivity index (χ2v) is 6.86. The first-order valence-electron chi connectivity index (χ1n) is 4.85. The van der Waals surface area contributed by atoms with E-state index < -0.39 is 32.6 Å². The van der Waals surface area contributed by atoms with Crippen molar-refractivity contribution >= 4 is 25.9 Å². The van der Waals surface area contributed by atoms with Gasteiger partial charge in [-0.25, -0.2) is 12.6 Å². The third kappa shape index (κ3) is 5.96. The average Bonchev–Trinajstić information content (AvgIpc) is 2.18. The fourth-order valence-electron chi connectivity index (χ4n) is 1.21. The number of benzene rings is 1. The lowest BCUT2D eigenvalue weighted by atomic mass is 10.2. The molecule has 0 saturated carbocycles. The fraction of sp³-hybridized carbons (Fsp3) is 0.333. The van der Waals surface area contributed by atoms with E-state index in [1.54, 1.807) is 24.3 Å². The van der Waals surface area contributed by atoms with Crippen LogP contribution in [0.3, 0.4) is 0 Å². The number of hydrogen-bond donors (Lipinski definition) is 2. The molecule has 0 radical (unpaired) electrons. The zero-order chi connectivity index (χ0) is 13.8. The van der Waals surface area contributed by atoms with Gasteiger partial charge < -0.3 is 5.73 Å². The summed E-state index contributed by atoms with van der Waals surface area (Å²) in [6, 6.07) is 6.27. The van der Waals surface area contributed by atoms with Crippen molar-refractivity contribution in [1.29, 1.82) is 0 Å². The van der Waals surface area contributed by atoms with Crippen LogP contribution in [0.15, 0.2) is 24.3 Å². The lowest BCUT2D eigenvalue weighted by molar-refractivity contribution is 0.284. The molecular formula is C9H13NO6S2. The van der Waals surface area contributed by atoms with Gasteiger partial charge >= 0.3 is 10.4 Å². The molecule has 1 rings (SSSR count). The zero-order valence-corrected chi connectivity index (χ0v) is 10.9. The summed E-state index contributed by atoms with van der Waals surface area (Å²) in [6.45, 7) is -0.615. The van der Waals surface area contributed by atoms with Crippen molar-refractivity contribution in [3.05, 3.63) is 29.8 Å². The van der Waals surface area contributed by atoms with Gasteiger partial charge in [-0.15, -0.1) is 0 Å². The van der Waals surface area contributed by atoms with Crippen molar-refractivity contribution in [2.24, 2.45) is 0 Å². The Hall–Kier alpha value is -1.16. The third-order valence-electron chi connectivity index (χ3n) is 1.99. The van der Waals surface area contributed by atoms with Crippen LogP contribution in [0, 0.1) is 0 Å². The van der Waals surface area contributed by atoms with Gasteiger partial charge in [0.05, 0.1) is 18.1 Å². The van der Waals surface area contributed by atoms with Gasteiger partial charge in [0.1, 0.15) is 0 Å². The van der Waals surface area contributed by atoms with Crippen LogP contribution in [0.1, 0.15) is 5.56 Å². The van der Waals surface area contributed by atoms with Crippen LogP contribution in [0.2, 0.25) is 0 Å². The molecule has 0 aromatic heterocycles. The van der Waals surface area contributed by atoms with Gasteiger partial charge in [-0.3, -0.25) is 4.55 Å². The van der Waals surface area contributed by atoms with Gasteiger partial charge in [-0.2, -0.15) is 8.42 Å². The largest absolute Gasteiger partial charge is 0.399 e. The highest BCUT2D eigenvalue weighted by Gasteiger charge is 2.14. The Kier molecular flexibility index (Phi) is 4.68. The van der Waals surface area contributed by atoms with Crippen molar-refractivity contribution in [3.8, 4) is 0 Å². The lowest BCUT2D eigenvalue weighted by Gasteiger charge is -2.04. The van der Waals surface area contributed by atoms with Crippen molar-refractivity contribution in [2.45, 2.75) is 5.75 Å². The molecule has 0 spiro atoms. The molecule has 0 bridgehead atoms. The minimum atomic E-state index is -4.61. The average molecular weight is 295 g/mol. The van der Waals surface area contributed by atoms with Crippen LogP contribution in [-0.4, -0.2) is 33.7 Å². The number of anilines is 1. The highest BCUT2D eigenvalue weighted by molar-refractivity contribution is 7.90. The molecular weight excluding hydrogens is 282 g/mol. The van der Waals surface area contributed by atoms with Crippen molar-refractivity contribution in [1.82, 2.24) is 0 Å². The number of hydrogen-bond acceptors (Lipinski definition) is 6. The molecule has 0 unspecified atom stereocenters. The summed E-state index contributed by atoms with van der Waals surface area (Å²) in [5.41, 5.74) is 6.51. The normalized spacial score (nSPS) is 12.5. The Morgan fingerprint density at radius 3 is 2.17 bits per heavy atom. The topological polar surface area (TPSA) is 124 Å². The molecule has 18 heavy (non-hydrogen) atoms. The number of nitrogen functional groups attached to an aromatic ring is 1. The molecule has 0 aliphatic heterocycles. The van der Waals surface area contributed by atoms with Crippen LogP contribution >= 0.6 is 0 Å². The predicted molar refractivity (Wildman–Crippen MR) is 65.8 cm³/mol. The molecule has 3 N–H and O–H groups in total. The summed E-state index contributed by atoms with van der Waals surface area (Å²) < 4.78 is 55.9. The van der Waals surface area contributed by atoms with Crippen LogP contribution < -0.4 is 5.73 Å². The van der Waals surface area contributed by atoms with Crippen LogP contribution in [0.5, 0.6) is 0 Å². The third-order valence-corrected chi connectivity index (χ3v) is 4.02. The van der Waals surface area contributed by atoms with E-state index in [-0.39, 0.29) is 5.75 Å². The van der Waals surface area contributed by atoms with E-state index in [2.05, 4.69) is 4.18 Å². The number of nitrogens with two attached hydrogens (primary N) is 1. The first kappa shape index (κ1) is 14.9. The molecule has 0 fully saturated rings. The quantitative estimate of drug-likeness (QED) is 0.559. The second kappa shape index (κ2) is 5.65. The van der Waals surface area contributed by atoms with E-state index in [1.807, 2.05) is 0 Å². The Bertz CT molecular complexity index is 590. The summed E-state index contributed by atoms with van der Waals surface area (Å²) in [7, 11) is -8.12. The zero-order valence-electron chi connectivity index (χ0n) is 9.31. The molecule has 0 atom stereocenters. The highest BCUT2D eigenvalue weighted by atomic mass is 32.3. The minimum Gasteiger partial charge on any atom is -0.399 e. The lowest BCUT2D eigenvalue weighted by Crippen LogP contribution is -2.16. The molecule has 1 aromatic carbocycles. The van der Waals surface area contributed by atoms with Crippen molar-refractivity contribution in [2.75, 3.05) is 18.1 Å². The highest BCUT2D eigenvalue weighted by Crippen LogP contribution is 2.10. The van der Waals surface area contributed by atoms with Gasteiger partial charge in [0.15, 0.2) is 9.84 Å². The maximum absolute atomic E-state index is 11.6. The Labute approximate surface area is 105 Å². The molecule has 0 aliphatic carbocycles. The van der Waals surface area contributed by atoms with E-state index in [4.69, 9.17) is 10.3 Å². The van der Waals surface area contributed by atoms with Gasteiger partial charge in [0, 0.05) is 5.69 Å². The summed E-state index contributed by atoms with van der Waals surface area (Å²) in [5.74, 6) is -0.751. The maximum atomic E-state index is 11.6. The smallest absolute Gasteiger partial charge is 0.397 e. The molecule has 0 heterocycles.